The van der Waals surface area contributed by atoms with E-state index in [2.05, 4.69) is 28.7 Å². The van der Waals surface area contributed by atoms with Crippen LogP contribution in [0.5, 0.6) is 17.2 Å². The van der Waals surface area contributed by atoms with Crippen molar-refractivity contribution in [2.45, 2.75) is 0 Å². The zero-order valence-electron chi connectivity index (χ0n) is 15.0. The molecule has 4 rings (SSSR count). The molecule has 0 bridgehead atoms. The lowest BCUT2D eigenvalue weighted by Gasteiger charge is -2.09. The minimum absolute atomic E-state index is 0.217. The number of hydrogen-bond donors (Lipinski definition) is 2. The first-order valence-corrected chi connectivity index (χ1v) is 10.6. The number of halogens is 1. The molecule has 1 aromatic heterocycles. The number of carbonyl (C=O) groups is 1. The summed E-state index contributed by atoms with van der Waals surface area (Å²) in [6, 6.07) is 20.6. The Morgan fingerprint density at radius 1 is 1.03 bits per heavy atom. The first-order valence-electron chi connectivity index (χ1n) is 8.70. The summed E-state index contributed by atoms with van der Waals surface area (Å²) in [4.78, 5) is 11.7. The van der Waals surface area contributed by atoms with Gasteiger partial charge in [-0.2, -0.15) is 0 Å². The van der Waals surface area contributed by atoms with E-state index in [1.807, 2.05) is 36.4 Å². The van der Waals surface area contributed by atoms with Crippen LogP contribution in [-0.2, 0) is 4.79 Å². The maximum absolute atomic E-state index is 10.7. The number of rotatable bonds is 5. The van der Waals surface area contributed by atoms with Gasteiger partial charge in [0.2, 0.25) is 0 Å². The molecular weight excluding hydrogens is 499 g/mol. The average Bonchev–Trinajstić information content (AvgIpc) is 3.05. The first kappa shape index (κ1) is 19.5. The topological polar surface area (TPSA) is 66.8 Å². The van der Waals surface area contributed by atoms with Crippen molar-refractivity contribution in [3.05, 3.63) is 81.9 Å². The van der Waals surface area contributed by atoms with Gasteiger partial charge < -0.3 is 14.9 Å². The van der Waals surface area contributed by atoms with Crippen LogP contribution >= 0.6 is 33.9 Å². The van der Waals surface area contributed by atoms with Crippen LogP contribution in [0.2, 0.25) is 0 Å². The number of fused-ring (bicyclic) bond motifs is 1. The van der Waals surface area contributed by atoms with Gasteiger partial charge in [0.05, 0.1) is 4.88 Å². The van der Waals surface area contributed by atoms with Crippen molar-refractivity contribution in [2.24, 2.45) is 0 Å². The van der Waals surface area contributed by atoms with Gasteiger partial charge in [-0.15, -0.1) is 11.3 Å². The van der Waals surface area contributed by atoms with Gasteiger partial charge in [0.1, 0.15) is 11.5 Å². The Hall–Kier alpha value is -2.84. The SMILES string of the molecule is O=C(O)/C=C/c1ccc(Oc2c(-c3ccccc3I)sc3cc(O)ccc23)cc1. The van der Waals surface area contributed by atoms with Gasteiger partial charge in [-0.05, 0) is 70.6 Å². The average molecular weight is 514 g/mol. The first-order chi connectivity index (χ1) is 14.0. The van der Waals surface area contributed by atoms with E-state index in [1.54, 1.807) is 35.6 Å². The lowest BCUT2D eigenvalue weighted by atomic mass is 10.1. The van der Waals surface area contributed by atoms with E-state index >= 15 is 0 Å². The van der Waals surface area contributed by atoms with Gasteiger partial charge >= 0.3 is 5.97 Å². The van der Waals surface area contributed by atoms with E-state index in [1.165, 1.54) is 6.08 Å². The Balaban J connectivity index is 1.77. The second kappa shape index (κ2) is 8.26. The standard InChI is InChI=1S/C23H15IO4S/c24-19-4-2-1-3-17(19)23-22(18-11-8-15(25)13-20(18)29-23)28-16-9-5-14(6-10-16)7-12-21(26)27/h1-13,25H,(H,26,27)/b12-7+. The smallest absolute Gasteiger partial charge is 0.328 e. The maximum atomic E-state index is 10.7. The molecule has 3 aromatic carbocycles. The lowest BCUT2D eigenvalue weighted by molar-refractivity contribution is -0.131. The number of thiophene rings is 1. The van der Waals surface area contributed by atoms with Crippen LogP contribution in [0.4, 0.5) is 0 Å². The van der Waals surface area contributed by atoms with Crippen LogP contribution in [0, 0.1) is 3.57 Å². The minimum atomic E-state index is -0.986. The highest BCUT2D eigenvalue weighted by molar-refractivity contribution is 14.1. The van der Waals surface area contributed by atoms with E-state index in [4.69, 9.17) is 9.84 Å². The fourth-order valence-electron chi connectivity index (χ4n) is 2.92. The molecule has 29 heavy (non-hydrogen) atoms. The zero-order valence-corrected chi connectivity index (χ0v) is 18.0. The Morgan fingerprint density at radius 2 is 1.79 bits per heavy atom. The second-order valence-electron chi connectivity index (χ2n) is 6.26. The molecule has 1 heterocycles. The predicted octanol–water partition coefficient (Wildman–Crippen LogP) is 6.77. The van der Waals surface area contributed by atoms with E-state index in [9.17, 15) is 9.90 Å². The van der Waals surface area contributed by atoms with Crippen molar-refractivity contribution in [1.82, 2.24) is 0 Å². The van der Waals surface area contributed by atoms with E-state index in [0.29, 0.717) is 5.75 Å². The van der Waals surface area contributed by atoms with Gasteiger partial charge in [0.15, 0.2) is 5.75 Å². The number of carboxylic acid groups (broad SMARTS) is 1. The van der Waals surface area contributed by atoms with Crippen molar-refractivity contribution in [3.63, 3.8) is 0 Å². The number of aromatic hydroxyl groups is 1. The summed E-state index contributed by atoms with van der Waals surface area (Å²) in [6.45, 7) is 0. The Morgan fingerprint density at radius 3 is 2.52 bits per heavy atom. The molecule has 0 atom stereocenters. The highest BCUT2D eigenvalue weighted by atomic mass is 127. The molecule has 0 aliphatic heterocycles. The zero-order chi connectivity index (χ0) is 20.4. The molecule has 0 fully saturated rings. The van der Waals surface area contributed by atoms with Crippen molar-refractivity contribution in [3.8, 4) is 27.7 Å². The molecule has 0 unspecified atom stereocenters. The minimum Gasteiger partial charge on any atom is -0.508 e. The van der Waals surface area contributed by atoms with Crippen LogP contribution in [0.3, 0.4) is 0 Å². The molecule has 0 saturated heterocycles. The number of aliphatic carboxylic acids is 1. The van der Waals surface area contributed by atoms with Gasteiger partial charge in [-0.25, -0.2) is 4.79 Å². The van der Waals surface area contributed by atoms with Gasteiger partial charge in [-0.3, -0.25) is 0 Å². The number of carboxylic acids is 1. The summed E-state index contributed by atoms with van der Waals surface area (Å²) < 4.78 is 8.33. The van der Waals surface area contributed by atoms with Crippen LogP contribution in [0.1, 0.15) is 5.56 Å². The number of hydrogen-bond acceptors (Lipinski definition) is 4. The lowest BCUT2D eigenvalue weighted by Crippen LogP contribution is -1.88. The number of ether oxygens (including phenoxy) is 1. The van der Waals surface area contributed by atoms with Gasteiger partial charge in [-0.1, -0.05) is 30.3 Å². The molecule has 2 N–H and O–H groups in total. The summed E-state index contributed by atoms with van der Waals surface area (Å²) in [5, 5.41) is 19.6. The van der Waals surface area contributed by atoms with Crippen LogP contribution in [-0.4, -0.2) is 16.2 Å². The summed E-state index contributed by atoms with van der Waals surface area (Å²) in [5.41, 5.74) is 1.85. The Bertz CT molecular complexity index is 1230. The van der Waals surface area contributed by atoms with Crippen molar-refractivity contribution in [1.29, 1.82) is 0 Å². The number of phenols is 1. The van der Waals surface area contributed by atoms with Crippen molar-refractivity contribution >= 4 is 56.1 Å². The molecule has 4 nitrogen and oxygen atoms in total. The quantitative estimate of drug-likeness (QED) is 0.228. The molecule has 6 heteroatoms. The number of phenolic OH excluding ortho intramolecular Hbond substituents is 1. The summed E-state index contributed by atoms with van der Waals surface area (Å²) >= 11 is 3.88. The largest absolute Gasteiger partial charge is 0.508 e. The van der Waals surface area contributed by atoms with E-state index in [-0.39, 0.29) is 5.75 Å². The molecule has 0 aliphatic carbocycles. The fourth-order valence-corrected chi connectivity index (χ4v) is 4.96. The molecule has 0 spiro atoms. The highest BCUT2D eigenvalue weighted by Gasteiger charge is 2.18. The Kier molecular flexibility index (Phi) is 5.55. The Labute approximate surface area is 184 Å². The molecule has 144 valence electrons. The molecule has 4 aromatic rings. The van der Waals surface area contributed by atoms with Gasteiger partial charge in [0, 0.05) is 25.3 Å². The summed E-state index contributed by atoms with van der Waals surface area (Å²) in [6.07, 6.45) is 2.64. The second-order valence-corrected chi connectivity index (χ2v) is 8.48. The third-order valence-electron chi connectivity index (χ3n) is 4.26. The molecular formula is C23H15IO4S. The molecule has 0 radical (unpaired) electrons. The molecule has 0 aliphatic rings. The van der Waals surface area contributed by atoms with E-state index in [0.717, 1.165) is 41.5 Å². The van der Waals surface area contributed by atoms with Gasteiger partial charge in [0.25, 0.3) is 0 Å². The predicted molar refractivity (Wildman–Crippen MR) is 125 cm³/mol. The molecule has 0 saturated carbocycles. The van der Waals surface area contributed by atoms with Crippen molar-refractivity contribution in [2.75, 3.05) is 0 Å². The third kappa shape index (κ3) is 4.28. The number of benzene rings is 3. The molecule has 0 amide bonds. The fraction of sp³-hybridized carbons (Fsp3) is 0. The highest BCUT2D eigenvalue weighted by Crippen LogP contribution is 2.48. The van der Waals surface area contributed by atoms with E-state index < -0.39 is 5.97 Å². The van der Waals surface area contributed by atoms with Crippen LogP contribution in [0.25, 0.3) is 26.6 Å². The van der Waals surface area contributed by atoms with Crippen LogP contribution < -0.4 is 4.74 Å². The van der Waals surface area contributed by atoms with Crippen LogP contribution in [0.15, 0.2) is 72.8 Å². The summed E-state index contributed by atoms with van der Waals surface area (Å²) in [7, 11) is 0. The summed E-state index contributed by atoms with van der Waals surface area (Å²) in [5.74, 6) is 0.620. The third-order valence-corrected chi connectivity index (χ3v) is 6.37. The maximum Gasteiger partial charge on any atom is 0.328 e. The van der Waals surface area contributed by atoms with Crippen molar-refractivity contribution < 1.29 is 19.7 Å². The monoisotopic (exact) mass is 514 g/mol. The normalized spacial score (nSPS) is 11.2.